The first-order chi connectivity index (χ1) is 7.33. The van der Waals surface area contributed by atoms with Gasteiger partial charge in [-0.25, -0.2) is 13.6 Å². The zero-order valence-corrected chi connectivity index (χ0v) is 8.50. The third kappa shape index (κ3) is 2.97. The Morgan fingerprint density at radius 2 is 2.00 bits per heavy atom. The minimum Gasteiger partial charge on any atom is -0.479 e. The Morgan fingerprint density at radius 1 is 1.38 bits per heavy atom. The van der Waals surface area contributed by atoms with Gasteiger partial charge in [0.1, 0.15) is 16.5 Å². The van der Waals surface area contributed by atoms with Crippen molar-refractivity contribution < 1.29 is 31.3 Å². The lowest BCUT2D eigenvalue weighted by Crippen LogP contribution is -2.15. The fourth-order valence-corrected chi connectivity index (χ4v) is 1.81. The number of rotatable bonds is 4. The molecule has 88 valence electrons. The number of carboxylic acid groups (broad SMARTS) is 1. The van der Waals surface area contributed by atoms with Gasteiger partial charge in [-0.1, -0.05) is 0 Å². The molecule has 1 aromatic carbocycles. The summed E-state index contributed by atoms with van der Waals surface area (Å²) in [5, 5.41) is 8.19. The first kappa shape index (κ1) is 12.5. The summed E-state index contributed by atoms with van der Waals surface area (Å²) in [5.41, 5.74) is 0. The predicted octanol–water partition coefficient (Wildman–Crippen LogP) is 0.755. The van der Waals surface area contributed by atoms with Crippen molar-refractivity contribution in [2.45, 2.75) is 4.90 Å². The lowest BCUT2D eigenvalue weighted by atomic mass is 10.3. The van der Waals surface area contributed by atoms with Crippen molar-refractivity contribution in [3.05, 3.63) is 29.8 Å². The Hall–Kier alpha value is -1.54. The smallest absolute Gasteiger partial charge is 0.331 e. The summed E-state index contributed by atoms with van der Waals surface area (Å²) in [6.07, 6.45) is 0. The van der Waals surface area contributed by atoms with Gasteiger partial charge in [0.05, 0.1) is 0 Å². The molecule has 0 atom stereocenters. The molecule has 8 heteroatoms. The van der Waals surface area contributed by atoms with Crippen molar-refractivity contribution in [2.75, 3.05) is 6.61 Å². The molecule has 0 saturated heterocycles. The summed E-state index contributed by atoms with van der Waals surface area (Å²) in [5.74, 6) is -3.73. The van der Waals surface area contributed by atoms with Crippen LogP contribution in [0, 0.1) is 11.6 Å². The molecule has 0 aliphatic carbocycles. The average Bonchev–Trinajstić information content (AvgIpc) is 2.19. The lowest BCUT2D eigenvalue weighted by molar-refractivity contribution is -0.139. The molecule has 0 aromatic heterocycles. The molecule has 0 amide bonds. The molecule has 0 radical (unpaired) electrons. The molecule has 0 fully saturated rings. The van der Waals surface area contributed by atoms with Crippen LogP contribution in [0.1, 0.15) is 0 Å². The monoisotopic (exact) mass is 252 g/mol. The molecule has 0 aliphatic rings. The first-order valence-electron chi connectivity index (χ1n) is 3.89. The molecular weight excluding hydrogens is 246 g/mol. The van der Waals surface area contributed by atoms with Crippen molar-refractivity contribution in [1.82, 2.24) is 0 Å². The van der Waals surface area contributed by atoms with Crippen LogP contribution >= 0.6 is 0 Å². The highest BCUT2D eigenvalue weighted by molar-refractivity contribution is 7.86. The van der Waals surface area contributed by atoms with Crippen LogP contribution in [0.4, 0.5) is 8.78 Å². The second-order valence-electron chi connectivity index (χ2n) is 2.68. The SMILES string of the molecule is O=C(O)COS(=O)(=O)c1cc(F)ccc1F. The molecule has 0 heterocycles. The molecular formula is C8H6F2O5S. The molecule has 0 saturated carbocycles. The first-order valence-corrected chi connectivity index (χ1v) is 5.30. The highest BCUT2D eigenvalue weighted by Crippen LogP contribution is 2.17. The van der Waals surface area contributed by atoms with E-state index in [-0.39, 0.29) is 0 Å². The molecule has 1 N–H and O–H groups in total. The third-order valence-corrected chi connectivity index (χ3v) is 2.78. The lowest BCUT2D eigenvalue weighted by Gasteiger charge is -2.04. The minimum absolute atomic E-state index is 0.409. The molecule has 0 bridgehead atoms. The summed E-state index contributed by atoms with van der Waals surface area (Å²) in [7, 11) is -4.60. The highest BCUT2D eigenvalue weighted by atomic mass is 32.2. The van der Waals surface area contributed by atoms with E-state index in [9.17, 15) is 22.0 Å². The third-order valence-electron chi connectivity index (χ3n) is 1.50. The molecule has 0 unspecified atom stereocenters. The number of carboxylic acids is 1. The summed E-state index contributed by atoms with van der Waals surface area (Å²) in [6.45, 7) is -1.15. The quantitative estimate of drug-likeness (QED) is 0.800. The van der Waals surface area contributed by atoms with Crippen molar-refractivity contribution in [3.8, 4) is 0 Å². The van der Waals surface area contributed by atoms with Gasteiger partial charge in [0, 0.05) is 0 Å². The molecule has 0 aliphatic heterocycles. The molecule has 1 rings (SSSR count). The van der Waals surface area contributed by atoms with E-state index in [0.717, 1.165) is 6.07 Å². The van der Waals surface area contributed by atoms with Crippen molar-refractivity contribution in [2.24, 2.45) is 0 Å². The standard InChI is InChI=1S/C8H6F2O5S/c9-5-1-2-6(10)7(3-5)16(13,14)15-4-8(11)12/h1-3H,4H2,(H,11,12). The Bertz CT molecular complexity index is 511. The van der Waals surface area contributed by atoms with Gasteiger partial charge in [-0.05, 0) is 18.2 Å². The van der Waals surface area contributed by atoms with E-state index in [4.69, 9.17) is 5.11 Å². The zero-order chi connectivity index (χ0) is 12.3. The van der Waals surface area contributed by atoms with Gasteiger partial charge in [0.2, 0.25) is 0 Å². The van der Waals surface area contributed by atoms with Crippen LogP contribution in [-0.4, -0.2) is 26.1 Å². The normalized spacial score (nSPS) is 11.4. The number of halogens is 2. The van der Waals surface area contributed by atoms with Gasteiger partial charge in [-0.2, -0.15) is 8.42 Å². The van der Waals surface area contributed by atoms with Crippen molar-refractivity contribution in [3.63, 3.8) is 0 Å². The fourth-order valence-electron chi connectivity index (χ4n) is 0.860. The van der Waals surface area contributed by atoms with E-state index in [2.05, 4.69) is 4.18 Å². The number of hydrogen-bond acceptors (Lipinski definition) is 4. The summed E-state index contributed by atoms with van der Waals surface area (Å²) >= 11 is 0. The largest absolute Gasteiger partial charge is 0.479 e. The van der Waals surface area contributed by atoms with Gasteiger partial charge in [0.25, 0.3) is 0 Å². The van der Waals surface area contributed by atoms with Crippen LogP contribution < -0.4 is 0 Å². The highest BCUT2D eigenvalue weighted by Gasteiger charge is 2.22. The maximum absolute atomic E-state index is 13.0. The summed E-state index contributed by atoms with van der Waals surface area (Å²) in [4.78, 5) is 9.04. The van der Waals surface area contributed by atoms with Crippen LogP contribution in [0.5, 0.6) is 0 Å². The van der Waals surface area contributed by atoms with Gasteiger partial charge in [-0.15, -0.1) is 0 Å². The van der Waals surface area contributed by atoms with Gasteiger partial charge < -0.3 is 5.11 Å². The van der Waals surface area contributed by atoms with E-state index in [1.54, 1.807) is 0 Å². The Balaban J connectivity index is 3.07. The maximum Gasteiger partial charge on any atom is 0.331 e. The number of carbonyl (C=O) groups is 1. The summed E-state index contributed by atoms with van der Waals surface area (Å²) in [6, 6.07) is 1.74. The molecule has 5 nitrogen and oxygen atoms in total. The van der Waals surface area contributed by atoms with Crippen molar-refractivity contribution >= 4 is 16.1 Å². The Kier molecular flexibility index (Phi) is 3.55. The van der Waals surface area contributed by atoms with E-state index in [0.29, 0.717) is 12.1 Å². The van der Waals surface area contributed by atoms with Crippen LogP contribution in [0.3, 0.4) is 0 Å². The molecule has 1 aromatic rings. The van der Waals surface area contributed by atoms with Gasteiger partial charge in [-0.3, -0.25) is 4.18 Å². The van der Waals surface area contributed by atoms with E-state index in [1.165, 1.54) is 0 Å². The van der Waals surface area contributed by atoms with E-state index < -0.39 is 39.2 Å². The van der Waals surface area contributed by atoms with Gasteiger partial charge in [0.15, 0.2) is 6.61 Å². The minimum atomic E-state index is -4.60. The second kappa shape index (κ2) is 4.54. The van der Waals surface area contributed by atoms with Gasteiger partial charge >= 0.3 is 16.1 Å². The molecule has 16 heavy (non-hydrogen) atoms. The Morgan fingerprint density at radius 3 is 2.56 bits per heavy atom. The van der Waals surface area contributed by atoms with Crippen LogP contribution in [0.15, 0.2) is 23.1 Å². The van der Waals surface area contributed by atoms with Crippen molar-refractivity contribution in [1.29, 1.82) is 0 Å². The topological polar surface area (TPSA) is 80.7 Å². The maximum atomic E-state index is 13.0. The van der Waals surface area contributed by atoms with Crippen LogP contribution in [0.25, 0.3) is 0 Å². The molecule has 0 spiro atoms. The fraction of sp³-hybridized carbons (Fsp3) is 0.125. The summed E-state index contributed by atoms with van der Waals surface area (Å²) < 4.78 is 52.1. The zero-order valence-electron chi connectivity index (χ0n) is 7.68. The van der Waals surface area contributed by atoms with E-state index in [1.807, 2.05) is 0 Å². The number of benzene rings is 1. The Labute approximate surface area is 89.4 Å². The van der Waals surface area contributed by atoms with Crippen LogP contribution in [0.2, 0.25) is 0 Å². The number of hydrogen-bond donors (Lipinski definition) is 1. The second-order valence-corrected chi connectivity index (χ2v) is 4.27. The number of aliphatic carboxylic acids is 1. The predicted molar refractivity (Wildman–Crippen MR) is 47.1 cm³/mol. The van der Waals surface area contributed by atoms with E-state index >= 15 is 0 Å². The van der Waals surface area contributed by atoms with Crippen LogP contribution in [-0.2, 0) is 19.1 Å². The average molecular weight is 252 g/mol.